The van der Waals surface area contributed by atoms with Crippen molar-refractivity contribution in [1.29, 1.82) is 0 Å². The molecule has 4 nitrogen and oxygen atoms in total. The third-order valence-electron chi connectivity index (χ3n) is 3.15. The summed E-state index contributed by atoms with van der Waals surface area (Å²) in [6.07, 6.45) is 5.32. The summed E-state index contributed by atoms with van der Waals surface area (Å²) < 4.78 is 12.6. The largest absolute Gasteiger partial charge is 0.383 e. The quantitative estimate of drug-likeness (QED) is 0.685. The Morgan fingerprint density at radius 1 is 1.33 bits per heavy atom. The highest BCUT2D eigenvalue weighted by atomic mass is 16.5. The predicted molar refractivity (Wildman–Crippen MR) is 73.7 cm³/mol. The van der Waals surface area contributed by atoms with Crippen LogP contribution in [0.4, 0.5) is 0 Å². The Morgan fingerprint density at radius 2 is 2.11 bits per heavy atom. The molecule has 1 aromatic heterocycles. The van der Waals surface area contributed by atoms with Gasteiger partial charge in [-0.05, 0) is 31.9 Å². The van der Waals surface area contributed by atoms with Gasteiger partial charge in [0.15, 0.2) is 0 Å². The monoisotopic (exact) mass is 254 g/mol. The van der Waals surface area contributed by atoms with Gasteiger partial charge in [-0.1, -0.05) is 0 Å². The molecule has 0 fully saturated rings. The van der Waals surface area contributed by atoms with Crippen LogP contribution in [-0.2, 0) is 22.6 Å². The molecular formula is C14H26N2O2. The van der Waals surface area contributed by atoms with E-state index in [4.69, 9.17) is 9.47 Å². The van der Waals surface area contributed by atoms with Crippen LogP contribution in [-0.4, -0.2) is 37.5 Å². The zero-order valence-corrected chi connectivity index (χ0v) is 12.0. The third-order valence-corrected chi connectivity index (χ3v) is 3.15. The van der Waals surface area contributed by atoms with Crippen molar-refractivity contribution >= 4 is 0 Å². The number of ether oxygens (including phenoxy) is 2. The van der Waals surface area contributed by atoms with Crippen molar-refractivity contribution in [3.05, 3.63) is 24.0 Å². The van der Waals surface area contributed by atoms with E-state index in [1.807, 2.05) is 0 Å². The van der Waals surface area contributed by atoms with E-state index in [-0.39, 0.29) is 5.60 Å². The van der Waals surface area contributed by atoms with Crippen molar-refractivity contribution in [1.82, 2.24) is 9.88 Å². The number of hydrogen-bond donors (Lipinski definition) is 1. The van der Waals surface area contributed by atoms with Crippen LogP contribution in [0.1, 0.15) is 25.8 Å². The van der Waals surface area contributed by atoms with E-state index in [2.05, 4.69) is 42.2 Å². The maximum absolute atomic E-state index is 5.42. The Labute approximate surface area is 110 Å². The Bertz CT molecular complexity index is 334. The second-order valence-electron chi connectivity index (χ2n) is 5.14. The number of methoxy groups -OCH3 is 2. The van der Waals surface area contributed by atoms with Gasteiger partial charge >= 0.3 is 0 Å². The number of hydrogen-bond acceptors (Lipinski definition) is 3. The van der Waals surface area contributed by atoms with Crippen LogP contribution in [0, 0.1) is 0 Å². The molecule has 1 heterocycles. The van der Waals surface area contributed by atoms with Crippen molar-refractivity contribution in [2.75, 3.05) is 27.4 Å². The molecule has 0 aliphatic carbocycles. The second kappa shape index (κ2) is 7.56. The van der Waals surface area contributed by atoms with Crippen molar-refractivity contribution in [3.63, 3.8) is 0 Å². The highest BCUT2D eigenvalue weighted by molar-refractivity contribution is 5.09. The maximum Gasteiger partial charge on any atom is 0.0639 e. The van der Waals surface area contributed by atoms with Crippen molar-refractivity contribution < 1.29 is 9.47 Å². The minimum Gasteiger partial charge on any atom is -0.383 e. The summed E-state index contributed by atoms with van der Waals surface area (Å²) in [6.45, 7) is 7.75. The first-order valence-corrected chi connectivity index (χ1v) is 6.47. The van der Waals surface area contributed by atoms with Gasteiger partial charge in [0.1, 0.15) is 0 Å². The molecule has 4 heteroatoms. The molecule has 0 saturated carbocycles. The lowest BCUT2D eigenvalue weighted by molar-refractivity contribution is 0.0120. The number of rotatable bonds is 9. The summed E-state index contributed by atoms with van der Waals surface area (Å²) in [5.41, 5.74) is 1.25. The molecule has 0 radical (unpaired) electrons. The molecule has 0 spiro atoms. The van der Waals surface area contributed by atoms with Crippen LogP contribution in [0.5, 0.6) is 0 Å². The Balaban J connectivity index is 2.30. The molecule has 1 aromatic rings. The number of nitrogens with one attached hydrogen (secondary N) is 1. The lowest BCUT2D eigenvalue weighted by Crippen LogP contribution is -2.24. The summed E-state index contributed by atoms with van der Waals surface area (Å²) >= 11 is 0. The number of aryl methyl sites for hydroxylation is 1. The summed E-state index contributed by atoms with van der Waals surface area (Å²) in [7, 11) is 3.48. The van der Waals surface area contributed by atoms with Crippen LogP contribution in [0.15, 0.2) is 18.5 Å². The smallest absolute Gasteiger partial charge is 0.0639 e. The third kappa shape index (κ3) is 5.67. The van der Waals surface area contributed by atoms with Gasteiger partial charge < -0.3 is 19.4 Å². The van der Waals surface area contributed by atoms with Gasteiger partial charge in [-0.15, -0.1) is 0 Å². The minimum atomic E-state index is -0.0544. The Morgan fingerprint density at radius 3 is 2.78 bits per heavy atom. The molecule has 0 atom stereocenters. The van der Waals surface area contributed by atoms with E-state index >= 15 is 0 Å². The Kier molecular flexibility index (Phi) is 6.39. The average molecular weight is 254 g/mol. The lowest BCUT2D eigenvalue weighted by atomic mass is 10.1. The van der Waals surface area contributed by atoms with Gasteiger partial charge in [0.05, 0.1) is 12.2 Å². The van der Waals surface area contributed by atoms with E-state index in [0.29, 0.717) is 0 Å². The zero-order chi connectivity index (χ0) is 13.4. The summed E-state index contributed by atoms with van der Waals surface area (Å²) in [5.74, 6) is 0. The fourth-order valence-electron chi connectivity index (χ4n) is 1.64. The maximum atomic E-state index is 5.42. The zero-order valence-electron chi connectivity index (χ0n) is 12.0. The first-order chi connectivity index (χ1) is 8.57. The van der Waals surface area contributed by atoms with Crippen LogP contribution in [0.2, 0.25) is 0 Å². The van der Waals surface area contributed by atoms with Crippen molar-refractivity contribution in [2.24, 2.45) is 0 Å². The summed E-state index contributed by atoms with van der Waals surface area (Å²) in [5, 5.41) is 3.34. The SMILES string of the molecule is COCCNCc1ccn(CCC(C)(C)OC)c1. The van der Waals surface area contributed by atoms with Crippen molar-refractivity contribution in [3.8, 4) is 0 Å². The topological polar surface area (TPSA) is 35.4 Å². The van der Waals surface area contributed by atoms with Gasteiger partial charge in [-0.3, -0.25) is 0 Å². The van der Waals surface area contributed by atoms with E-state index in [1.165, 1.54) is 5.56 Å². The molecule has 0 saturated heterocycles. The molecule has 104 valence electrons. The van der Waals surface area contributed by atoms with E-state index in [0.717, 1.165) is 32.7 Å². The van der Waals surface area contributed by atoms with Crippen LogP contribution in [0.25, 0.3) is 0 Å². The normalized spacial score (nSPS) is 12.0. The van der Waals surface area contributed by atoms with Crippen molar-refractivity contribution in [2.45, 2.75) is 39.0 Å². The molecule has 18 heavy (non-hydrogen) atoms. The van der Waals surface area contributed by atoms with Gasteiger partial charge in [0.25, 0.3) is 0 Å². The van der Waals surface area contributed by atoms with Crippen LogP contribution < -0.4 is 5.32 Å². The fourth-order valence-corrected chi connectivity index (χ4v) is 1.64. The van der Waals surface area contributed by atoms with Gasteiger partial charge in [-0.25, -0.2) is 0 Å². The highest BCUT2D eigenvalue weighted by Gasteiger charge is 2.15. The summed E-state index contributed by atoms with van der Waals surface area (Å²) in [6, 6.07) is 2.15. The van der Waals surface area contributed by atoms with Gasteiger partial charge in [0.2, 0.25) is 0 Å². The minimum absolute atomic E-state index is 0.0544. The lowest BCUT2D eigenvalue weighted by Gasteiger charge is -2.22. The molecule has 0 bridgehead atoms. The average Bonchev–Trinajstić information content (AvgIpc) is 2.80. The van der Waals surface area contributed by atoms with Gasteiger partial charge in [0, 0.05) is 46.2 Å². The molecule has 1 rings (SSSR count). The summed E-state index contributed by atoms with van der Waals surface area (Å²) in [4.78, 5) is 0. The van der Waals surface area contributed by atoms with Crippen LogP contribution >= 0.6 is 0 Å². The molecule has 0 aromatic carbocycles. The molecule has 0 amide bonds. The van der Waals surface area contributed by atoms with E-state index in [9.17, 15) is 0 Å². The van der Waals surface area contributed by atoms with E-state index < -0.39 is 0 Å². The Hall–Kier alpha value is -0.840. The first kappa shape index (κ1) is 15.2. The molecule has 0 aliphatic heterocycles. The number of nitrogens with zero attached hydrogens (tertiary/aromatic N) is 1. The first-order valence-electron chi connectivity index (χ1n) is 6.47. The second-order valence-corrected chi connectivity index (χ2v) is 5.14. The predicted octanol–water partition coefficient (Wildman–Crippen LogP) is 2.04. The standard InChI is InChI=1S/C14H26N2O2/c1-14(2,18-4)6-9-16-8-5-13(12-16)11-15-7-10-17-3/h5,8,12,15H,6-7,9-11H2,1-4H3. The van der Waals surface area contributed by atoms with Crippen LogP contribution in [0.3, 0.4) is 0 Å². The van der Waals surface area contributed by atoms with E-state index in [1.54, 1.807) is 14.2 Å². The highest BCUT2D eigenvalue weighted by Crippen LogP contribution is 2.14. The molecule has 1 N–H and O–H groups in total. The molecule has 0 aliphatic rings. The number of aromatic nitrogens is 1. The fraction of sp³-hybridized carbons (Fsp3) is 0.714. The molecular weight excluding hydrogens is 228 g/mol. The molecule has 0 unspecified atom stereocenters. The van der Waals surface area contributed by atoms with Gasteiger partial charge in [-0.2, -0.15) is 0 Å².